The van der Waals surface area contributed by atoms with Crippen molar-refractivity contribution in [2.75, 3.05) is 0 Å². The first-order valence-electron chi connectivity index (χ1n) is 6.09. The third-order valence-electron chi connectivity index (χ3n) is 2.93. The van der Waals surface area contributed by atoms with Crippen molar-refractivity contribution in [1.29, 1.82) is 0 Å². The molecule has 0 aliphatic rings. The zero-order valence-electron chi connectivity index (χ0n) is 11.7. The number of aryl methyl sites for hydroxylation is 3. The minimum atomic E-state index is -4.12. The van der Waals surface area contributed by atoms with Gasteiger partial charge < -0.3 is 0 Å². The maximum Gasteiger partial charge on any atom is 0.243 e. The highest BCUT2D eigenvalue weighted by Gasteiger charge is 2.21. The fourth-order valence-electron chi connectivity index (χ4n) is 1.81. The fourth-order valence-corrected chi connectivity index (χ4v) is 3.84. The van der Waals surface area contributed by atoms with Crippen molar-refractivity contribution >= 4 is 21.4 Å². The molecule has 0 spiro atoms. The van der Waals surface area contributed by atoms with Crippen LogP contribution in [-0.2, 0) is 16.6 Å². The van der Waals surface area contributed by atoms with E-state index in [0.29, 0.717) is 6.07 Å². The van der Waals surface area contributed by atoms with Crippen LogP contribution >= 0.6 is 11.3 Å². The molecule has 8 heteroatoms. The highest BCUT2D eigenvalue weighted by Crippen LogP contribution is 2.21. The molecule has 0 bridgehead atoms. The highest BCUT2D eigenvalue weighted by atomic mass is 32.2. The Balaban J connectivity index is 2.27. The summed E-state index contributed by atoms with van der Waals surface area (Å²) < 4.78 is 53.6. The number of nitrogens with one attached hydrogen (secondary N) is 1. The Morgan fingerprint density at radius 1 is 1.19 bits per heavy atom. The van der Waals surface area contributed by atoms with Crippen LogP contribution in [0.15, 0.2) is 17.0 Å². The number of sulfonamides is 1. The summed E-state index contributed by atoms with van der Waals surface area (Å²) in [6.45, 7) is 4.93. The van der Waals surface area contributed by atoms with Gasteiger partial charge in [0.15, 0.2) is 0 Å². The molecule has 4 nitrogen and oxygen atoms in total. The van der Waals surface area contributed by atoms with E-state index in [2.05, 4.69) is 9.71 Å². The SMILES string of the molecule is Cc1nc(C)c(CNS(=O)(=O)c2cc(F)c(C)cc2F)s1. The van der Waals surface area contributed by atoms with E-state index < -0.39 is 26.6 Å². The molecule has 114 valence electrons. The molecule has 1 aromatic carbocycles. The molecule has 2 aromatic rings. The Bertz CT molecular complexity index is 786. The summed E-state index contributed by atoms with van der Waals surface area (Å²) in [5, 5.41) is 0.814. The van der Waals surface area contributed by atoms with Crippen LogP contribution in [-0.4, -0.2) is 13.4 Å². The summed E-state index contributed by atoms with van der Waals surface area (Å²) in [5.41, 5.74) is 0.774. The molecule has 0 saturated heterocycles. The molecule has 0 atom stereocenters. The Kier molecular flexibility index (Phi) is 4.40. The number of thiazole rings is 1. The lowest BCUT2D eigenvalue weighted by atomic mass is 10.2. The predicted octanol–water partition coefficient (Wildman–Crippen LogP) is 2.83. The van der Waals surface area contributed by atoms with E-state index in [-0.39, 0.29) is 12.1 Å². The monoisotopic (exact) mass is 332 g/mol. The first-order valence-corrected chi connectivity index (χ1v) is 8.39. The number of hydrogen-bond acceptors (Lipinski definition) is 4. The molecule has 1 aromatic heterocycles. The Hall–Kier alpha value is -1.38. The van der Waals surface area contributed by atoms with E-state index in [0.717, 1.165) is 21.6 Å². The molecule has 0 aliphatic heterocycles. The van der Waals surface area contributed by atoms with E-state index >= 15 is 0 Å². The highest BCUT2D eigenvalue weighted by molar-refractivity contribution is 7.89. The summed E-state index contributed by atoms with van der Waals surface area (Å²) in [5.74, 6) is -1.74. The van der Waals surface area contributed by atoms with Crippen molar-refractivity contribution in [2.24, 2.45) is 0 Å². The summed E-state index contributed by atoms with van der Waals surface area (Å²) in [7, 11) is -4.12. The molecule has 0 saturated carbocycles. The molecule has 0 radical (unpaired) electrons. The van der Waals surface area contributed by atoms with Gasteiger partial charge in [-0.25, -0.2) is 26.9 Å². The van der Waals surface area contributed by atoms with Gasteiger partial charge in [-0.15, -0.1) is 11.3 Å². The zero-order chi connectivity index (χ0) is 15.8. The van der Waals surface area contributed by atoms with Gasteiger partial charge in [-0.2, -0.15) is 0 Å². The molecular weight excluding hydrogens is 318 g/mol. The topological polar surface area (TPSA) is 59.1 Å². The second kappa shape index (κ2) is 5.78. The van der Waals surface area contributed by atoms with Crippen molar-refractivity contribution in [3.05, 3.63) is 44.9 Å². The average molecular weight is 332 g/mol. The van der Waals surface area contributed by atoms with E-state index in [1.165, 1.54) is 18.3 Å². The summed E-state index contributed by atoms with van der Waals surface area (Å²) >= 11 is 1.35. The molecule has 21 heavy (non-hydrogen) atoms. The predicted molar refractivity (Wildman–Crippen MR) is 76.7 cm³/mol. The Morgan fingerprint density at radius 2 is 1.86 bits per heavy atom. The van der Waals surface area contributed by atoms with Crippen LogP contribution in [0.4, 0.5) is 8.78 Å². The molecule has 2 rings (SSSR count). The van der Waals surface area contributed by atoms with Crippen molar-refractivity contribution in [3.63, 3.8) is 0 Å². The third kappa shape index (κ3) is 3.45. The molecule has 0 amide bonds. The number of benzene rings is 1. The van der Waals surface area contributed by atoms with Gasteiger partial charge in [0.2, 0.25) is 10.0 Å². The summed E-state index contributed by atoms with van der Waals surface area (Å²) in [6, 6.07) is 1.56. The van der Waals surface area contributed by atoms with Crippen LogP contribution in [0.25, 0.3) is 0 Å². The van der Waals surface area contributed by atoms with Crippen LogP contribution in [0.2, 0.25) is 0 Å². The van der Waals surface area contributed by atoms with Crippen molar-refractivity contribution in [3.8, 4) is 0 Å². The number of rotatable bonds is 4. The lowest BCUT2D eigenvalue weighted by Gasteiger charge is -2.08. The summed E-state index contributed by atoms with van der Waals surface area (Å²) in [6.07, 6.45) is 0. The van der Waals surface area contributed by atoms with Gasteiger partial charge in [0.05, 0.1) is 10.7 Å². The lowest BCUT2D eigenvalue weighted by Crippen LogP contribution is -2.24. The van der Waals surface area contributed by atoms with E-state index in [9.17, 15) is 17.2 Å². The second-order valence-corrected chi connectivity index (χ2v) is 7.62. The molecule has 0 unspecified atom stereocenters. The molecule has 1 heterocycles. The standard InChI is InChI=1S/C13H14F2N2O2S2/c1-7-4-11(15)13(5-10(7)14)21(18,19)16-6-12-8(2)17-9(3)20-12/h4-5,16H,6H2,1-3H3. The van der Waals surface area contributed by atoms with Crippen LogP contribution < -0.4 is 4.72 Å². The van der Waals surface area contributed by atoms with Crippen LogP contribution in [0, 0.1) is 32.4 Å². The van der Waals surface area contributed by atoms with Gasteiger partial charge in [-0.3, -0.25) is 0 Å². The van der Waals surface area contributed by atoms with Crippen LogP contribution in [0.3, 0.4) is 0 Å². The summed E-state index contributed by atoms with van der Waals surface area (Å²) in [4.78, 5) is 4.23. The lowest BCUT2D eigenvalue weighted by molar-refractivity contribution is 0.543. The second-order valence-electron chi connectivity index (χ2n) is 4.60. The number of nitrogens with zero attached hydrogens (tertiary/aromatic N) is 1. The largest absolute Gasteiger partial charge is 0.247 e. The third-order valence-corrected chi connectivity index (χ3v) is 5.41. The molecule has 1 N–H and O–H groups in total. The molecular formula is C13H14F2N2O2S2. The first kappa shape index (κ1) is 16.0. The van der Waals surface area contributed by atoms with Crippen LogP contribution in [0.1, 0.15) is 21.1 Å². The van der Waals surface area contributed by atoms with Gasteiger partial charge in [0, 0.05) is 11.4 Å². The first-order chi connectivity index (χ1) is 9.70. The number of halogens is 2. The van der Waals surface area contributed by atoms with Crippen molar-refractivity contribution in [1.82, 2.24) is 9.71 Å². The van der Waals surface area contributed by atoms with Crippen molar-refractivity contribution in [2.45, 2.75) is 32.2 Å². The number of hydrogen-bond donors (Lipinski definition) is 1. The smallest absolute Gasteiger partial charge is 0.243 e. The normalized spacial score (nSPS) is 11.9. The van der Waals surface area contributed by atoms with Gasteiger partial charge in [-0.1, -0.05) is 0 Å². The van der Waals surface area contributed by atoms with Crippen LogP contribution in [0.5, 0.6) is 0 Å². The van der Waals surface area contributed by atoms with E-state index in [1.54, 1.807) is 6.92 Å². The average Bonchev–Trinajstić information content (AvgIpc) is 2.70. The minimum Gasteiger partial charge on any atom is -0.247 e. The quantitative estimate of drug-likeness (QED) is 0.936. The molecule has 0 aliphatic carbocycles. The fraction of sp³-hybridized carbons (Fsp3) is 0.308. The van der Waals surface area contributed by atoms with Gasteiger partial charge in [0.1, 0.15) is 16.5 Å². The zero-order valence-corrected chi connectivity index (χ0v) is 13.3. The molecule has 0 fully saturated rings. The number of aromatic nitrogens is 1. The Labute approximate surface area is 125 Å². The van der Waals surface area contributed by atoms with Gasteiger partial charge in [0.25, 0.3) is 0 Å². The maximum atomic E-state index is 13.7. The van der Waals surface area contributed by atoms with E-state index in [1.807, 2.05) is 6.92 Å². The van der Waals surface area contributed by atoms with E-state index in [4.69, 9.17) is 0 Å². The van der Waals surface area contributed by atoms with Gasteiger partial charge >= 0.3 is 0 Å². The van der Waals surface area contributed by atoms with Gasteiger partial charge in [-0.05, 0) is 38.5 Å². The maximum absolute atomic E-state index is 13.7. The van der Waals surface area contributed by atoms with Crippen molar-refractivity contribution < 1.29 is 17.2 Å². The Morgan fingerprint density at radius 3 is 2.43 bits per heavy atom. The minimum absolute atomic E-state index is 0.00535.